The minimum Gasteiger partial charge on any atom is -0.287 e. The molecule has 0 amide bonds. The first-order valence-corrected chi connectivity index (χ1v) is 4.73. The average Bonchev–Trinajstić information content (AvgIpc) is 2.59. The summed E-state index contributed by atoms with van der Waals surface area (Å²) in [5, 5.41) is 8.08. The van der Waals surface area contributed by atoms with E-state index in [0.717, 1.165) is 11.1 Å². The van der Waals surface area contributed by atoms with Crippen LogP contribution in [0.25, 0.3) is 11.1 Å². The molecule has 0 fully saturated rings. The molecule has 0 aliphatic carbocycles. The molecule has 0 radical (unpaired) electrons. The molecular formula is C8H4Li2S2. The Labute approximate surface area is 104 Å². The van der Waals surface area contributed by atoms with Gasteiger partial charge in [0.2, 0.25) is 0 Å². The third-order valence-corrected chi connectivity index (χ3v) is 2.48. The molecule has 0 nitrogen and oxygen atoms in total. The summed E-state index contributed by atoms with van der Waals surface area (Å²) in [4.78, 5) is 0. The van der Waals surface area contributed by atoms with E-state index in [-0.39, 0.29) is 37.7 Å². The third kappa shape index (κ3) is 2.82. The van der Waals surface area contributed by atoms with Crippen molar-refractivity contribution in [3.63, 3.8) is 0 Å². The summed E-state index contributed by atoms with van der Waals surface area (Å²) in [6, 6.07) is 6.27. The standard InChI is InChI=1S/C8H4S2.2Li/c1-3-9-5-7(1)8-2-4-10-6-8;;/h3-6H;;/q-2;2*+1. The van der Waals surface area contributed by atoms with E-state index in [9.17, 15) is 0 Å². The summed E-state index contributed by atoms with van der Waals surface area (Å²) in [7, 11) is 0. The smallest absolute Gasteiger partial charge is 0.287 e. The molecule has 2 rings (SSSR count). The third-order valence-electron chi connectivity index (χ3n) is 1.23. The summed E-state index contributed by atoms with van der Waals surface area (Å²) in [5.41, 5.74) is 2.32. The quantitative estimate of drug-likeness (QED) is 0.324. The second-order valence-corrected chi connectivity index (χ2v) is 3.35. The van der Waals surface area contributed by atoms with Crippen molar-refractivity contribution in [2.45, 2.75) is 0 Å². The van der Waals surface area contributed by atoms with E-state index < -0.39 is 0 Å². The van der Waals surface area contributed by atoms with E-state index in [4.69, 9.17) is 0 Å². The zero-order chi connectivity index (χ0) is 6.81. The molecule has 0 spiro atoms. The van der Waals surface area contributed by atoms with Crippen LogP contribution < -0.4 is 37.7 Å². The van der Waals surface area contributed by atoms with Crippen LogP contribution in [-0.2, 0) is 0 Å². The molecule has 0 bridgehead atoms. The van der Waals surface area contributed by atoms with Crippen molar-refractivity contribution in [1.82, 2.24) is 0 Å². The zero-order valence-electron chi connectivity index (χ0n) is 7.13. The first-order chi connectivity index (χ1) is 4.97. The van der Waals surface area contributed by atoms with Crippen molar-refractivity contribution in [3.05, 3.63) is 33.7 Å². The van der Waals surface area contributed by atoms with E-state index in [1.807, 2.05) is 10.8 Å². The second kappa shape index (κ2) is 6.11. The van der Waals surface area contributed by atoms with Gasteiger partial charge >= 0.3 is 37.7 Å². The van der Waals surface area contributed by atoms with Crippen LogP contribution in [0.4, 0.5) is 0 Å². The Bertz CT molecular complexity index is 254. The van der Waals surface area contributed by atoms with E-state index in [1.165, 1.54) is 0 Å². The maximum Gasteiger partial charge on any atom is 1.00 e. The van der Waals surface area contributed by atoms with Crippen LogP contribution in [0.3, 0.4) is 0 Å². The molecule has 0 atom stereocenters. The van der Waals surface area contributed by atoms with Crippen LogP contribution in [0, 0.1) is 12.1 Å². The average molecular weight is 178 g/mol. The first kappa shape index (κ1) is 12.6. The molecular weight excluding hydrogens is 174 g/mol. The van der Waals surface area contributed by atoms with Gasteiger partial charge in [-0.05, 0) is 0 Å². The predicted molar refractivity (Wildman–Crippen MR) is 45.3 cm³/mol. The van der Waals surface area contributed by atoms with Crippen molar-refractivity contribution in [2.24, 2.45) is 0 Å². The minimum absolute atomic E-state index is 0. The van der Waals surface area contributed by atoms with E-state index in [2.05, 4.69) is 22.9 Å². The Morgan fingerprint density at radius 2 is 1.25 bits per heavy atom. The Morgan fingerprint density at radius 1 is 0.833 bits per heavy atom. The van der Waals surface area contributed by atoms with E-state index in [1.54, 1.807) is 22.7 Å². The molecule has 0 saturated heterocycles. The van der Waals surface area contributed by atoms with Gasteiger partial charge in [0.1, 0.15) is 0 Å². The van der Waals surface area contributed by atoms with Crippen LogP contribution in [-0.4, -0.2) is 0 Å². The van der Waals surface area contributed by atoms with Crippen molar-refractivity contribution in [2.75, 3.05) is 0 Å². The Morgan fingerprint density at radius 3 is 1.50 bits per heavy atom. The van der Waals surface area contributed by atoms with Crippen molar-refractivity contribution < 1.29 is 37.7 Å². The number of thiophene rings is 2. The molecule has 0 N–H and O–H groups in total. The topological polar surface area (TPSA) is 0 Å². The van der Waals surface area contributed by atoms with Crippen LogP contribution in [0.1, 0.15) is 0 Å². The molecule has 12 heavy (non-hydrogen) atoms. The fraction of sp³-hybridized carbons (Fsp3) is 0. The van der Waals surface area contributed by atoms with Gasteiger partial charge in [-0.15, -0.1) is 0 Å². The first-order valence-electron chi connectivity index (χ1n) is 2.85. The van der Waals surface area contributed by atoms with Gasteiger partial charge in [-0.2, -0.15) is 10.8 Å². The molecule has 2 aromatic rings. The zero-order valence-corrected chi connectivity index (χ0v) is 8.76. The van der Waals surface area contributed by atoms with Crippen LogP contribution in [0.5, 0.6) is 0 Å². The molecule has 0 aliphatic rings. The van der Waals surface area contributed by atoms with Gasteiger partial charge in [0.25, 0.3) is 0 Å². The molecule has 2 heterocycles. The van der Waals surface area contributed by atoms with Crippen LogP contribution in [0.2, 0.25) is 0 Å². The van der Waals surface area contributed by atoms with Crippen molar-refractivity contribution in [1.29, 1.82) is 0 Å². The Hall–Kier alpha value is 0.595. The van der Waals surface area contributed by atoms with Gasteiger partial charge in [-0.3, -0.25) is 11.1 Å². The second-order valence-electron chi connectivity index (χ2n) is 1.86. The summed E-state index contributed by atoms with van der Waals surface area (Å²) in [6.45, 7) is 0. The maximum atomic E-state index is 3.13. The van der Waals surface area contributed by atoms with Gasteiger partial charge in [0.05, 0.1) is 0 Å². The van der Waals surface area contributed by atoms with Gasteiger partial charge in [-0.1, -0.05) is 10.8 Å². The summed E-state index contributed by atoms with van der Waals surface area (Å²) in [6.07, 6.45) is 0. The van der Waals surface area contributed by atoms with Gasteiger partial charge in [0.15, 0.2) is 0 Å². The maximum absolute atomic E-state index is 3.13. The Balaban J connectivity index is 0.000000605. The molecule has 0 aliphatic heterocycles. The van der Waals surface area contributed by atoms with Crippen LogP contribution >= 0.6 is 22.7 Å². The fourth-order valence-corrected chi connectivity index (χ4v) is 1.94. The molecule has 4 heteroatoms. The normalized spacial score (nSPS) is 8.33. The molecule has 2 aromatic heterocycles. The summed E-state index contributed by atoms with van der Waals surface area (Å²) >= 11 is 3.33. The largest absolute Gasteiger partial charge is 1.00 e. The molecule has 0 aromatic carbocycles. The van der Waals surface area contributed by atoms with Gasteiger partial charge < -0.3 is 0 Å². The molecule has 0 unspecified atom stereocenters. The number of hydrogen-bond acceptors (Lipinski definition) is 2. The molecule has 50 valence electrons. The minimum atomic E-state index is 0. The summed E-state index contributed by atoms with van der Waals surface area (Å²) in [5.74, 6) is 0. The number of hydrogen-bond donors (Lipinski definition) is 0. The Kier molecular flexibility index (Phi) is 6.41. The van der Waals surface area contributed by atoms with Crippen molar-refractivity contribution in [3.8, 4) is 11.1 Å². The summed E-state index contributed by atoms with van der Waals surface area (Å²) < 4.78 is 0. The monoisotopic (exact) mass is 178 g/mol. The van der Waals surface area contributed by atoms with E-state index in [0.29, 0.717) is 0 Å². The van der Waals surface area contributed by atoms with E-state index >= 15 is 0 Å². The SMILES string of the molecule is [Li+].[Li+].[c-]1cscc1-c1[c-]csc1. The fourth-order valence-electron chi connectivity index (χ4n) is 0.750. The number of rotatable bonds is 1. The van der Waals surface area contributed by atoms with Gasteiger partial charge in [0, 0.05) is 0 Å². The molecule has 0 saturated carbocycles. The van der Waals surface area contributed by atoms with Crippen molar-refractivity contribution >= 4 is 22.7 Å². The van der Waals surface area contributed by atoms with Crippen LogP contribution in [0.15, 0.2) is 21.5 Å². The predicted octanol–water partition coefficient (Wildman–Crippen LogP) is -2.92. The van der Waals surface area contributed by atoms with Gasteiger partial charge in [-0.25, -0.2) is 34.8 Å².